The Bertz CT molecular complexity index is 2260. The number of fused-ring (bicyclic) bond motifs is 2. The summed E-state index contributed by atoms with van der Waals surface area (Å²) in [6.07, 6.45) is 3.77. The van der Waals surface area contributed by atoms with E-state index in [9.17, 15) is 19.2 Å². The molecule has 56 heavy (non-hydrogen) atoms. The molecule has 0 saturated carbocycles. The van der Waals surface area contributed by atoms with Gasteiger partial charge in [0, 0.05) is 18.7 Å². The molecule has 4 atom stereocenters. The Balaban J connectivity index is 1.15. The number of ether oxygens (including phenoxy) is 2. The van der Waals surface area contributed by atoms with Crippen molar-refractivity contribution in [1.29, 1.82) is 0 Å². The van der Waals surface area contributed by atoms with E-state index in [1.165, 1.54) is 14.2 Å². The van der Waals surface area contributed by atoms with Gasteiger partial charge < -0.3 is 39.9 Å². The van der Waals surface area contributed by atoms with Crippen LogP contribution in [0.25, 0.3) is 44.2 Å². The highest BCUT2D eigenvalue weighted by Gasteiger charge is 2.39. The molecular formula is C42H50N8O6. The van der Waals surface area contributed by atoms with Crippen molar-refractivity contribution in [3.05, 3.63) is 72.4 Å². The van der Waals surface area contributed by atoms with Crippen molar-refractivity contribution in [3.8, 4) is 22.4 Å². The van der Waals surface area contributed by atoms with E-state index in [1.807, 2.05) is 61.9 Å². The minimum Gasteiger partial charge on any atom is -0.453 e. The Labute approximate surface area is 325 Å². The van der Waals surface area contributed by atoms with Crippen molar-refractivity contribution >= 4 is 45.8 Å². The topological polar surface area (TPSA) is 175 Å². The van der Waals surface area contributed by atoms with Crippen molar-refractivity contribution in [2.75, 3.05) is 27.3 Å². The third-order valence-electron chi connectivity index (χ3n) is 11.1. The summed E-state index contributed by atoms with van der Waals surface area (Å²) in [4.78, 5) is 71.9. The minimum atomic E-state index is -0.706. The molecule has 14 nitrogen and oxygen atoms in total. The highest BCUT2D eigenvalue weighted by atomic mass is 16.5. The van der Waals surface area contributed by atoms with Crippen LogP contribution in [0, 0.1) is 11.8 Å². The molecule has 0 aliphatic carbocycles. The van der Waals surface area contributed by atoms with Crippen LogP contribution < -0.4 is 10.6 Å². The number of nitrogens with one attached hydrogen (secondary N) is 4. The molecule has 0 bridgehead atoms. The summed E-state index contributed by atoms with van der Waals surface area (Å²) in [6.45, 7) is 8.77. The van der Waals surface area contributed by atoms with Crippen LogP contribution in [0.3, 0.4) is 0 Å². The van der Waals surface area contributed by atoms with E-state index in [-0.39, 0.29) is 35.7 Å². The number of amides is 4. The molecule has 4 amide bonds. The van der Waals surface area contributed by atoms with Crippen LogP contribution in [0.5, 0.6) is 0 Å². The first-order valence-corrected chi connectivity index (χ1v) is 19.4. The molecular weight excluding hydrogens is 713 g/mol. The molecule has 2 fully saturated rings. The fraction of sp³-hybridized carbons (Fsp3) is 0.429. The number of hydrogen-bond acceptors (Lipinski definition) is 8. The van der Waals surface area contributed by atoms with Gasteiger partial charge in [-0.1, -0.05) is 70.2 Å². The quantitative estimate of drug-likeness (QED) is 0.119. The van der Waals surface area contributed by atoms with Crippen LogP contribution >= 0.6 is 0 Å². The van der Waals surface area contributed by atoms with Crippen LogP contribution in [0.1, 0.15) is 77.1 Å². The lowest BCUT2D eigenvalue weighted by molar-refractivity contribution is -0.136. The number of benzene rings is 3. The number of aromatic nitrogens is 4. The summed E-state index contributed by atoms with van der Waals surface area (Å²) in [6, 6.07) is 16.8. The molecule has 2 aliphatic heterocycles. The van der Waals surface area contributed by atoms with Crippen LogP contribution in [-0.2, 0) is 19.1 Å². The monoisotopic (exact) mass is 762 g/mol. The number of likely N-dealkylation sites (tertiary alicyclic amines) is 2. The van der Waals surface area contributed by atoms with Gasteiger partial charge in [-0.15, -0.1) is 0 Å². The molecule has 294 valence electrons. The van der Waals surface area contributed by atoms with E-state index >= 15 is 0 Å². The maximum atomic E-state index is 13.7. The first-order chi connectivity index (χ1) is 27.0. The zero-order valence-corrected chi connectivity index (χ0v) is 32.7. The molecule has 2 aromatic heterocycles. The van der Waals surface area contributed by atoms with E-state index in [4.69, 9.17) is 19.4 Å². The number of aromatic amines is 2. The summed E-state index contributed by atoms with van der Waals surface area (Å²) < 4.78 is 9.57. The van der Waals surface area contributed by atoms with Gasteiger partial charge in [-0.2, -0.15) is 0 Å². The van der Waals surface area contributed by atoms with Crippen molar-refractivity contribution in [2.24, 2.45) is 11.8 Å². The van der Waals surface area contributed by atoms with E-state index in [1.54, 1.807) is 0 Å². The number of nitrogens with zero attached hydrogens (tertiary/aromatic N) is 4. The minimum absolute atomic E-state index is 0.119. The van der Waals surface area contributed by atoms with Gasteiger partial charge in [0.15, 0.2) is 0 Å². The second kappa shape index (κ2) is 16.0. The normalized spacial score (nSPS) is 18.1. The van der Waals surface area contributed by atoms with Gasteiger partial charge in [-0.05, 0) is 71.6 Å². The predicted molar refractivity (Wildman–Crippen MR) is 212 cm³/mol. The summed E-state index contributed by atoms with van der Waals surface area (Å²) in [7, 11) is 2.58. The Kier molecular flexibility index (Phi) is 11.0. The zero-order valence-electron chi connectivity index (χ0n) is 32.7. The number of rotatable bonds is 10. The Morgan fingerprint density at radius 3 is 1.86 bits per heavy atom. The second-order valence-corrected chi connectivity index (χ2v) is 15.3. The Morgan fingerprint density at radius 2 is 1.29 bits per heavy atom. The molecule has 2 aliphatic rings. The number of alkyl carbamates (subject to hydrolysis) is 2. The summed E-state index contributed by atoms with van der Waals surface area (Å²) in [5.41, 5.74) is 5.59. The number of hydrogen-bond donors (Lipinski definition) is 4. The van der Waals surface area contributed by atoms with E-state index in [0.717, 1.165) is 75.7 Å². The van der Waals surface area contributed by atoms with Gasteiger partial charge in [-0.25, -0.2) is 19.6 Å². The third kappa shape index (κ3) is 7.39. The SMILES string of the molecule is COC(=O)NC(C(=O)N1CCC[C@H]1c1nc2ccc(-c3cccc4c(-c5cnc([C@@H]6CCCN6C(=O)[C@@H](NC(=O)OC)C(C)C)[nH]5)cccc34)cc2[nH]1)C(C)C. The van der Waals surface area contributed by atoms with Gasteiger partial charge >= 0.3 is 12.2 Å². The average Bonchev–Trinajstić information content (AvgIpc) is 4.03. The molecule has 4 heterocycles. The number of carbonyl (C=O) groups excluding carboxylic acids is 4. The van der Waals surface area contributed by atoms with Crippen molar-refractivity contribution in [1.82, 2.24) is 40.4 Å². The third-order valence-corrected chi connectivity index (χ3v) is 11.1. The molecule has 0 spiro atoms. The molecule has 1 unspecified atom stereocenters. The lowest BCUT2D eigenvalue weighted by Crippen LogP contribution is -2.51. The first kappa shape index (κ1) is 38.4. The maximum Gasteiger partial charge on any atom is 0.407 e. The number of imidazole rings is 2. The fourth-order valence-electron chi connectivity index (χ4n) is 8.18. The van der Waals surface area contributed by atoms with Crippen LogP contribution in [0.4, 0.5) is 9.59 Å². The van der Waals surface area contributed by atoms with Gasteiger partial charge in [0.05, 0.1) is 49.2 Å². The van der Waals surface area contributed by atoms with Crippen molar-refractivity contribution < 1.29 is 28.7 Å². The molecule has 0 radical (unpaired) electrons. The molecule has 5 aromatic rings. The summed E-state index contributed by atoms with van der Waals surface area (Å²) in [5.74, 6) is 0.898. The van der Waals surface area contributed by atoms with Crippen LogP contribution in [0.15, 0.2) is 60.8 Å². The highest BCUT2D eigenvalue weighted by Crippen LogP contribution is 2.38. The van der Waals surface area contributed by atoms with Crippen LogP contribution in [0.2, 0.25) is 0 Å². The summed E-state index contributed by atoms with van der Waals surface area (Å²) in [5, 5.41) is 7.54. The predicted octanol–water partition coefficient (Wildman–Crippen LogP) is 6.86. The second-order valence-electron chi connectivity index (χ2n) is 15.3. The average molecular weight is 763 g/mol. The molecule has 3 aromatic carbocycles. The standard InChI is InChI=1S/C42H50N8O6/c1-23(2)35(47-41(53)55-5)39(51)49-19-9-15-33(49)37-43-22-32(46-37)29-14-8-12-27-26(11-7-13-28(27)29)25-17-18-30-31(21-25)45-38(44-30)34-16-10-20-50(34)40(52)36(24(3)4)48-42(54)56-6/h7-8,11-14,17-18,21-24,33-36H,9-10,15-16,19-20H2,1-6H3,(H,43,46)(H,44,45)(H,47,53)(H,48,54)/t33-,34-,35-,36?/m0/s1. The smallest absolute Gasteiger partial charge is 0.407 e. The number of H-pyrrole nitrogens is 2. The largest absolute Gasteiger partial charge is 0.453 e. The summed E-state index contributed by atoms with van der Waals surface area (Å²) >= 11 is 0. The zero-order chi connectivity index (χ0) is 39.7. The van der Waals surface area contributed by atoms with Crippen LogP contribution in [-0.4, -0.2) is 93.1 Å². The number of carbonyl (C=O) groups is 4. The van der Waals surface area contributed by atoms with Crippen molar-refractivity contribution in [3.63, 3.8) is 0 Å². The first-order valence-electron chi connectivity index (χ1n) is 19.4. The fourth-order valence-corrected chi connectivity index (χ4v) is 8.18. The van der Waals surface area contributed by atoms with Gasteiger partial charge in [0.1, 0.15) is 23.7 Å². The molecule has 14 heteroatoms. The molecule has 2 saturated heterocycles. The van der Waals surface area contributed by atoms with E-state index in [0.29, 0.717) is 18.9 Å². The number of methoxy groups -OCH3 is 2. The van der Waals surface area contributed by atoms with Gasteiger partial charge in [0.2, 0.25) is 11.8 Å². The van der Waals surface area contributed by atoms with E-state index < -0.39 is 24.3 Å². The van der Waals surface area contributed by atoms with Gasteiger partial charge in [0.25, 0.3) is 0 Å². The lowest BCUT2D eigenvalue weighted by Gasteiger charge is -2.30. The molecule has 4 N–H and O–H groups in total. The maximum absolute atomic E-state index is 13.7. The molecule has 7 rings (SSSR count). The van der Waals surface area contributed by atoms with Gasteiger partial charge in [-0.3, -0.25) is 9.59 Å². The lowest BCUT2D eigenvalue weighted by atomic mass is 9.94. The van der Waals surface area contributed by atoms with E-state index in [2.05, 4.69) is 57.0 Å². The highest BCUT2D eigenvalue weighted by molar-refractivity contribution is 6.04. The van der Waals surface area contributed by atoms with Crippen molar-refractivity contribution in [2.45, 2.75) is 77.5 Å². The Hall–Kier alpha value is -5.92. The Morgan fingerprint density at radius 1 is 0.732 bits per heavy atom.